The molecule has 1 atom stereocenters. The van der Waals surface area contributed by atoms with Gasteiger partial charge in [0.1, 0.15) is 17.8 Å². The number of aromatic nitrogens is 4. The van der Waals surface area contributed by atoms with E-state index in [9.17, 15) is 9.59 Å². The number of carbonyl (C=O) groups excluding carboxylic acids is 2. The van der Waals surface area contributed by atoms with Gasteiger partial charge in [0.25, 0.3) is 5.91 Å². The van der Waals surface area contributed by atoms with Crippen LogP contribution in [0, 0.1) is 6.92 Å². The zero-order valence-corrected chi connectivity index (χ0v) is 18.6. The Bertz CT molecular complexity index is 1370. The summed E-state index contributed by atoms with van der Waals surface area (Å²) in [7, 11) is 1.62. The van der Waals surface area contributed by atoms with Crippen LogP contribution in [-0.4, -0.2) is 38.4 Å². The van der Waals surface area contributed by atoms with Crippen LogP contribution in [-0.2, 0) is 6.42 Å². The predicted octanol–water partition coefficient (Wildman–Crippen LogP) is 3.71. The molecule has 9 nitrogen and oxygen atoms in total. The Balaban J connectivity index is 1.37. The maximum Gasteiger partial charge on any atom is 0.287 e. The number of ketones is 1. The first kappa shape index (κ1) is 20.9. The molecule has 1 aliphatic rings. The molecule has 0 saturated carbocycles. The van der Waals surface area contributed by atoms with E-state index in [1.54, 1.807) is 31.8 Å². The summed E-state index contributed by atoms with van der Waals surface area (Å²) in [6.45, 7) is 3.55. The molecule has 0 radical (unpaired) electrons. The van der Waals surface area contributed by atoms with E-state index in [2.05, 4.69) is 20.4 Å². The van der Waals surface area contributed by atoms with Gasteiger partial charge in [0.15, 0.2) is 23.0 Å². The highest BCUT2D eigenvalue weighted by Crippen LogP contribution is 2.29. The summed E-state index contributed by atoms with van der Waals surface area (Å²) in [5.74, 6) is 1.64. The highest BCUT2D eigenvalue weighted by atomic mass is 16.5. The normalized spacial score (nSPS) is 14.2. The quantitative estimate of drug-likeness (QED) is 0.498. The number of benzene rings is 1. The van der Waals surface area contributed by atoms with Crippen LogP contribution in [0.3, 0.4) is 0 Å². The lowest BCUT2D eigenvalue weighted by Crippen LogP contribution is -2.27. The largest absolute Gasteiger partial charge is 0.497 e. The molecule has 0 saturated heterocycles. The molecular weight excluding hydrogens is 422 g/mol. The number of carbonyl (C=O) groups is 2. The monoisotopic (exact) mass is 445 g/mol. The minimum atomic E-state index is -0.473. The summed E-state index contributed by atoms with van der Waals surface area (Å²) in [5.41, 5.74) is 3.44. The first-order valence-corrected chi connectivity index (χ1v) is 10.8. The standard InChI is InChI=1S/C24H23N5O4/c1-13-21-18(30)5-4-6-19(21)33-22(13)24(31)26-14(2)23-27-20-11-17(25-12-29(20)28-23)15-7-9-16(32-3)10-8-15/h7-12,14H,4-6H2,1-3H3,(H,26,31)/t14-/m0/s1. The highest BCUT2D eigenvalue weighted by molar-refractivity contribution is 6.03. The number of fused-ring (bicyclic) bond motifs is 2. The number of amides is 1. The summed E-state index contributed by atoms with van der Waals surface area (Å²) >= 11 is 0. The zero-order valence-electron chi connectivity index (χ0n) is 18.6. The van der Waals surface area contributed by atoms with Gasteiger partial charge in [-0.1, -0.05) is 0 Å². The summed E-state index contributed by atoms with van der Waals surface area (Å²) in [6.07, 6.45) is 3.50. The lowest BCUT2D eigenvalue weighted by molar-refractivity contribution is 0.0904. The van der Waals surface area contributed by atoms with Gasteiger partial charge < -0.3 is 14.5 Å². The molecule has 0 spiro atoms. The number of methoxy groups -OCH3 is 1. The number of nitrogens with one attached hydrogen (secondary N) is 1. The zero-order chi connectivity index (χ0) is 23.1. The van der Waals surface area contributed by atoms with Crippen LogP contribution in [0.1, 0.15) is 63.9 Å². The molecule has 33 heavy (non-hydrogen) atoms. The molecule has 0 bridgehead atoms. The maximum absolute atomic E-state index is 12.9. The second-order valence-electron chi connectivity index (χ2n) is 8.10. The van der Waals surface area contributed by atoms with Crippen molar-refractivity contribution in [3.05, 3.63) is 65.1 Å². The van der Waals surface area contributed by atoms with Crippen molar-refractivity contribution in [1.29, 1.82) is 0 Å². The van der Waals surface area contributed by atoms with Crippen LogP contribution in [0.5, 0.6) is 5.75 Å². The van der Waals surface area contributed by atoms with E-state index in [1.807, 2.05) is 30.3 Å². The van der Waals surface area contributed by atoms with E-state index >= 15 is 0 Å². The van der Waals surface area contributed by atoms with Crippen LogP contribution in [0.15, 0.2) is 41.1 Å². The van der Waals surface area contributed by atoms with E-state index < -0.39 is 11.9 Å². The Morgan fingerprint density at radius 1 is 1.24 bits per heavy atom. The van der Waals surface area contributed by atoms with Gasteiger partial charge in [-0.25, -0.2) is 14.5 Å². The number of hydrogen-bond donors (Lipinski definition) is 1. The fourth-order valence-electron chi connectivity index (χ4n) is 4.11. The predicted molar refractivity (Wildman–Crippen MR) is 119 cm³/mol. The number of ether oxygens (including phenoxy) is 1. The molecule has 1 aliphatic carbocycles. The second-order valence-corrected chi connectivity index (χ2v) is 8.10. The van der Waals surface area contributed by atoms with Crippen molar-refractivity contribution in [2.24, 2.45) is 0 Å². The van der Waals surface area contributed by atoms with Gasteiger partial charge in [0, 0.05) is 30.0 Å². The fourth-order valence-corrected chi connectivity index (χ4v) is 4.11. The Morgan fingerprint density at radius 3 is 2.76 bits per heavy atom. The second kappa shape index (κ2) is 8.16. The van der Waals surface area contributed by atoms with Crippen molar-refractivity contribution < 1.29 is 18.7 Å². The summed E-state index contributed by atoms with van der Waals surface area (Å²) < 4.78 is 12.5. The maximum atomic E-state index is 12.9. The fraction of sp³-hybridized carbons (Fsp3) is 0.292. The molecule has 3 aromatic heterocycles. The number of hydrogen-bond acceptors (Lipinski definition) is 7. The van der Waals surface area contributed by atoms with Crippen molar-refractivity contribution in [3.8, 4) is 17.0 Å². The molecule has 1 aromatic carbocycles. The molecule has 0 unspecified atom stereocenters. The van der Waals surface area contributed by atoms with E-state index in [0.29, 0.717) is 41.2 Å². The molecule has 1 amide bonds. The van der Waals surface area contributed by atoms with Crippen LogP contribution in [0.4, 0.5) is 0 Å². The molecule has 3 heterocycles. The van der Waals surface area contributed by atoms with Crippen molar-refractivity contribution in [3.63, 3.8) is 0 Å². The van der Waals surface area contributed by atoms with Gasteiger partial charge in [-0.15, -0.1) is 5.10 Å². The molecule has 168 valence electrons. The third kappa shape index (κ3) is 3.75. The summed E-state index contributed by atoms with van der Waals surface area (Å²) in [6, 6.07) is 8.95. The van der Waals surface area contributed by atoms with E-state index in [-0.39, 0.29) is 11.5 Å². The number of aryl methyl sites for hydroxylation is 1. The average Bonchev–Trinajstić information content (AvgIpc) is 3.40. The Morgan fingerprint density at radius 2 is 2.03 bits per heavy atom. The van der Waals surface area contributed by atoms with Crippen LogP contribution in [0.25, 0.3) is 16.9 Å². The smallest absolute Gasteiger partial charge is 0.287 e. The van der Waals surface area contributed by atoms with Gasteiger partial charge in [0.2, 0.25) is 0 Å². The molecule has 0 aliphatic heterocycles. The van der Waals surface area contributed by atoms with Gasteiger partial charge in [-0.2, -0.15) is 0 Å². The molecule has 4 aromatic rings. The number of rotatable bonds is 5. The SMILES string of the molecule is COc1ccc(-c2cc3nc([C@H](C)NC(=O)c4oc5c(c4C)C(=O)CCC5)nn3cn2)cc1. The molecular formula is C24H23N5O4. The lowest BCUT2D eigenvalue weighted by atomic mass is 9.94. The third-order valence-corrected chi connectivity index (χ3v) is 5.88. The Hall–Kier alpha value is -4.01. The van der Waals surface area contributed by atoms with E-state index in [4.69, 9.17) is 9.15 Å². The topological polar surface area (TPSA) is 112 Å². The van der Waals surface area contributed by atoms with Gasteiger partial charge >= 0.3 is 0 Å². The van der Waals surface area contributed by atoms with Crippen LogP contribution >= 0.6 is 0 Å². The van der Waals surface area contributed by atoms with Crippen molar-refractivity contribution in [2.45, 2.75) is 39.2 Å². The van der Waals surface area contributed by atoms with E-state index in [1.165, 1.54) is 0 Å². The average molecular weight is 445 g/mol. The van der Waals surface area contributed by atoms with Crippen molar-refractivity contribution >= 4 is 17.3 Å². The van der Waals surface area contributed by atoms with Crippen LogP contribution < -0.4 is 10.1 Å². The lowest BCUT2D eigenvalue weighted by Gasteiger charge is -2.09. The first-order chi connectivity index (χ1) is 15.9. The minimum absolute atomic E-state index is 0.0341. The van der Waals surface area contributed by atoms with Gasteiger partial charge in [-0.05, 0) is 44.5 Å². The number of furan rings is 1. The molecule has 0 fully saturated rings. The summed E-state index contributed by atoms with van der Waals surface area (Å²) in [4.78, 5) is 34.1. The van der Waals surface area contributed by atoms with E-state index in [0.717, 1.165) is 23.4 Å². The Labute approximate surface area is 189 Å². The minimum Gasteiger partial charge on any atom is -0.497 e. The summed E-state index contributed by atoms with van der Waals surface area (Å²) in [5, 5.41) is 7.33. The number of Topliss-reactive ketones (excluding diaryl/α,β-unsaturated/α-hetero) is 1. The van der Waals surface area contributed by atoms with Gasteiger partial charge in [0.05, 0.1) is 24.4 Å². The van der Waals surface area contributed by atoms with Gasteiger partial charge in [-0.3, -0.25) is 9.59 Å². The molecule has 1 N–H and O–H groups in total. The number of nitrogens with zero attached hydrogens (tertiary/aromatic N) is 4. The van der Waals surface area contributed by atoms with Crippen molar-refractivity contribution in [2.75, 3.05) is 7.11 Å². The first-order valence-electron chi connectivity index (χ1n) is 10.8. The third-order valence-electron chi connectivity index (χ3n) is 5.88. The Kier molecular flexibility index (Phi) is 5.16. The molecule has 5 rings (SSSR count). The van der Waals surface area contributed by atoms with Crippen LogP contribution in [0.2, 0.25) is 0 Å². The molecule has 9 heteroatoms. The highest BCUT2D eigenvalue weighted by Gasteiger charge is 2.29. The van der Waals surface area contributed by atoms with Crippen molar-refractivity contribution in [1.82, 2.24) is 24.9 Å².